The predicted octanol–water partition coefficient (Wildman–Crippen LogP) is 3.99. The molecule has 0 aliphatic heterocycles. The summed E-state index contributed by atoms with van der Waals surface area (Å²) in [5, 5.41) is 0. The summed E-state index contributed by atoms with van der Waals surface area (Å²) in [6, 6.07) is 0. The third-order valence-corrected chi connectivity index (χ3v) is 6.84. The fourth-order valence-electron chi connectivity index (χ4n) is 4.41. The smallest absolute Gasteiger partial charge is 0.291 e. The summed E-state index contributed by atoms with van der Waals surface area (Å²) in [6.07, 6.45) is 13.6. The first-order valence-electron chi connectivity index (χ1n) is 8.50. The van der Waals surface area contributed by atoms with Crippen LogP contribution in [0.4, 0.5) is 0 Å². The Kier molecular flexibility index (Phi) is 4.43. The minimum absolute atomic E-state index is 0.0119. The maximum atomic E-state index is 12.3. The van der Waals surface area contributed by atoms with Crippen LogP contribution in [0, 0.1) is 17.3 Å². The van der Waals surface area contributed by atoms with Crippen molar-refractivity contribution in [3.8, 4) is 0 Å². The molecule has 0 bridgehead atoms. The fraction of sp³-hybridized carbons (Fsp3) is 0.526. The molecule has 0 saturated carbocycles. The first-order chi connectivity index (χ1) is 11.2. The zero-order valence-electron chi connectivity index (χ0n) is 14.2. The van der Waals surface area contributed by atoms with Crippen LogP contribution in [0.1, 0.15) is 46.0 Å². The van der Waals surface area contributed by atoms with Crippen molar-refractivity contribution >= 4 is 15.9 Å². The lowest BCUT2D eigenvalue weighted by atomic mass is 9.66. The highest BCUT2D eigenvalue weighted by molar-refractivity contribution is 7.89. The molecular formula is C19H24O4S. The average molecular weight is 348 g/mol. The Labute approximate surface area is 143 Å². The van der Waals surface area contributed by atoms with Gasteiger partial charge in [-0.15, -0.1) is 0 Å². The highest BCUT2D eigenvalue weighted by Crippen LogP contribution is 2.53. The SMILES string of the molecule is CC(=O)C1=CC(C2C=CCC2)=C(S(=O)(=O)O)C(C)(C2C=CCC2)C1. The molecular weight excluding hydrogens is 324 g/mol. The number of carbonyl (C=O) groups is 1. The van der Waals surface area contributed by atoms with Crippen LogP contribution in [0.25, 0.3) is 0 Å². The van der Waals surface area contributed by atoms with Crippen LogP contribution >= 0.6 is 0 Å². The van der Waals surface area contributed by atoms with Crippen LogP contribution in [0.15, 0.2) is 46.4 Å². The van der Waals surface area contributed by atoms with E-state index in [1.807, 2.05) is 25.2 Å². The van der Waals surface area contributed by atoms with Crippen molar-refractivity contribution in [2.75, 3.05) is 0 Å². The van der Waals surface area contributed by atoms with Gasteiger partial charge in [-0.1, -0.05) is 37.3 Å². The topological polar surface area (TPSA) is 71.4 Å². The van der Waals surface area contributed by atoms with Crippen molar-refractivity contribution in [3.05, 3.63) is 46.4 Å². The Hall–Kier alpha value is -1.46. The van der Waals surface area contributed by atoms with Gasteiger partial charge >= 0.3 is 0 Å². The lowest BCUT2D eigenvalue weighted by Gasteiger charge is -2.41. The normalized spacial score (nSPS) is 33.2. The molecule has 4 nitrogen and oxygen atoms in total. The van der Waals surface area contributed by atoms with Gasteiger partial charge in [0.15, 0.2) is 5.78 Å². The molecule has 0 fully saturated rings. The second-order valence-electron chi connectivity index (χ2n) is 7.30. The maximum Gasteiger partial charge on any atom is 0.291 e. The van der Waals surface area contributed by atoms with E-state index in [2.05, 4.69) is 6.08 Å². The first kappa shape index (κ1) is 17.4. The summed E-state index contributed by atoms with van der Waals surface area (Å²) in [5.41, 5.74) is 0.480. The molecule has 0 saturated heterocycles. The van der Waals surface area contributed by atoms with E-state index in [1.54, 1.807) is 6.08 Å². The standard InChI is InChI=1S/C19H24O4S/c1-13(20)15-11-17(14-7-3-4-8-14)18(24(21,22)23)19(2,12-15)16-9-5-6-10-16/h3,5,7,9,11,14,16H,4,6,8,10,12H2,1-2H3,(H,21,22,23). The van der Waals surface area contributed by atoms with Crippen molar-refractivity contribution in [2.24, 2.45) is 17.3 Å². The molecule has 0 spiro atoms. The van der Waals surface area contributed by atoms with E-state index in [1.165, 1.54) is 6.92 Å². The van der Waals surface area contributed by atoms with E-state index >= 15 is 0 Å². The summed E-state index contributed by atoms with van der Waals surface area (Å²) < 4.78 is 34.7. The van der Waals surface area contributed by atoms with Crippen LogP contribution < -0.4 is 0 Å². The number of hydrogen-bond donors (Lipinski definition) is 1. The molecule has 3 aliphatic rings. The van der Waals surface area contributed by atoms with Crippen molar-refractivity contribution < 1.29 is 17.8 Å². The number of carbonyl (C=O) groups excluding carboxylic acids is 1. The summed E-state index contributed by atoms with van der Waals surface area (Å²) in [6.45, 7) is 3.41. The lowest BCUT2D eigenvalue weighted by molar-refractivity contribution is -0.114. The molecule has 3 aliphatic carbocycles. The van der Waals surface area contributed by atoms with Gasteiger partial charge in [-0.3, -0.25) is 9.35 Å². The van der Waals surface area contributed by atoms with E-state index in [0.717, 1.165) is 25.7 Å². The molecule has 3 rings (SSSR count). The van der Waals surface area contributed by atoms with E-state index < -0.39 is 15.5 Å². The predicted molar refractivity (Wildman–Crippen MR) is 93.8 cm³/mol. The van der Waals surface area contributed by atoms with Gasteiger partial charge in [0, 0.05) is 11.3 Å². The van der Waals surface area contributed by atoms with Gasteiger partial charge < -0.3 is 0 Å². The van der Waals surface area contributed by atoms with Crippen LogP contribution in [0.3, 0.4) is 0 Å². The van der Waals surface area contributed by atoms with Crippen LogP contribution in [0.2, 0.25) is 0 Å². The van der Waals surface area contributed by atoms with Crippen molar-refractivity contribution in [1.29, 1.82) is 0 Å². The highest BCUT2D eigenvalue weighted by atomic mass is 32.2. The zero-order chi connectivity index (χ0) is 17.5. The Morgan fingerprint density at radius 2 is 1.88 bits per heavy atom. The Bertz CT molecular complexity index is 782. The monoisotopic (exact) mass is 348 g/mol. The largest absolute Gasteiger partial charge is 0.295 e. The summed E-state index contributed by atoms with van der Waals surface area (Å²) >= 11 is 0. The van der Waals surface area contributed by atoms with Crippen LogP contribution in [0.5, 0.6) is 0 Å². The maximum absolute atomic E-state index is 12.3. The lowest BCUT2D eigenvalue weighted by Crippen LogP contribution is -2.36. The fourth-order valence-corrected chi connectivity index (χ4v) is 5.73. The summed E-state index contributed by atoms with van der Waals surface area (Å²) in [5.74, 6) is -0.0730. The molecule has 5 heteroatoms. The van der Waals surface area contributed by atoms with Crippen molar-refractivity contribution in [2.45, 2.75) is 46.0 Å². The first-order valence-corrected chi connectivity index (χ1v) is 9.94. The van der Waals surface area contributed by atoms with Gasteiger partial charge in [0.2, 0.25) is 0 Å². The summed E-state index contributed by atoms with van der Waals surface area (Å²) in [4.78, 5) is 12.2. The van der Waals surface area contributed by atoms with E-state index in [-0.39, 0.29) is 22.5 Å². The minimum Gasteiger partial charge on any atom is -0.295 e. The summed E-state index contributed by atoms with van der Waals surface area (Å²) in [7, 11) is -4.35. The van der Waals surface area contributed by atoms with Gasteiger partial charge in [-0.2, -0.15) is 8.42 Å². The van der Waals surface area contributed by atoms with Crippen molar-refractivity contribution in [3.63, 3.8) is 0 Å². The second kappa shape index (κ2) is 6.12. The van der Waals surface area contributed by atoms with Crippen LogP contribution in [-0.2, 0) is 14.9 Å². The van der Waals surface area contributed by atoms with Gasteiger partial charge in [0.1, 0.15) is 0 Å². The molecule has 0 aromatic rings. The van der Waals surface area contributed by atoms with Crippen LogP contribution in [-0.4, -0.2) is 18.8 Å². The number of Topliss-reactive ketones (excluding diaryl/α,β-unsaturated/α-hetero) is 1. The van der Waals surface area contributed by atoms with E-state index in [4.69, 9.17) is 0 Å². The second-order valence-corrected chi connectivity index (χ2v) is 8.66. The number of rotatable bonds is 4. The van der Waals surface area contributed by atoms with E-state index in [0.29, 0.717) is 17.6 Å². The molecule has 0 amide bonds. The zero-order valence-corrected chi connectivity index (χ0v) is 15.0. The van der Waals surface area contributed by atoms with E-state index in [9.17, 15) is 17.8 Å². The molecule has 0 aromatic carbocycles. The van der Waals surface area contributed by atoms with Gasteiger partial charge in [0.05, 0.1) is 4.91 Å². The Morgan fingerprint density at radius 3 is 2.38 bits per heavy atom. The Morgan fingerprint density at radius 1 is 1.21 bits per heavy atom. The van der Waals surface area contributed by atoms with Gasteiger partial charge in [-0.25, -0.2) is 0 Å². The molecule has 0 radical (unpaired) electrons. The molecule has 24 heavy (non-hydrogen) atoms. The molecule has 3 atom stereocenters. The molecule has 130 valence electrons. The third kappa shape index (κ3) is 2.95. The van der Waals surface area contributed by atoms with Gasteiger partial charge in [0.25, 0.3) is 10.1 Å². The third-order valence-electron chi connectivity index (χ3n) is 5.62. The molecule has 0 heterocycles. The minimum atomic E-state index is -4.35. The molecule has 0 aromatic heterocycles. The average Bonchev–Trinajstić information content (AvgIpc) is 3.18. The quantitative estimate of drug-likeness (QED) is 0.616. The Balaban J connectivity index is 2.25. The number of ketones is 1. The molecule has 3 unspecified atom stereocenters. The molecule has 1 N–H and O–H groups in total. The number of allylic oxidation sites excluding steroid dienone is 8. The number of hydrogen-bond acceptors (Lipinski definition) is 3. The highest BCUT2D eigenvalue weighted by Gasteiger charge is 2.47. The van der Waals surface area contributed by atoms with Gasteiger partial charge in [-0.05, 0) is 56.1 Å². The van der Waals surface area contributed by atoms with Crippen molar-refractivity contribution in [1.82, 2.24) is 0 Å².